The first-order chi connectivity index (χ1) is 13.1. The summed E-state index contributed by atoms with van der Waals surface area (Å²) < 4.78 is 7.22. The Bertz CT molecular complexity index is 906. The average Bonchev–Trinajstić information content (AvgIpc) is 3.31. The van der Waals surface area contributed by atoms with Gasteiger partial charge in [-0.15, -0.1) is 16.8 Å². The summed E-state index contributed by atoms with van der Waals surface area (Å²) in [6.07, 6.45) is 3.36. The van der Waals surface area contributed by atoms with Crippen LogP contribution in [0.25, 0.3) is 11.4 Å². The zero-order valence-electron chi connectivity index (χ0n) is 14.8. The maximum absolute atomic E-state index is 12.2. The minimum atomic E-state index is -0.191. The fraction of sp³-hybridized carbons (Fsp3) is 0.211. The maximum Gasteiger partial charge on any atom is 0.231 e. The molecule has 27 heavy (non-hydrogen) atoms. The van der Waals surface area contributed by atoms with Crippen molar-refractivity contribution in [3.63, 3.8) is 0 Å². The van der Waals surface area contributed by atoms with E-state index in [0.29, 0.717) is 28.3 Å². The monoisotopic (exact) mass is 402 g/mol. The van der Waals surface area contributed by atoms with Crippen molar-refractivity contribution in [2.24, 2.45) is 0 Å². The van der Waals surface area contributed by atoms with Crippen LogP contribution in [0.1, 0.15) is 18.7 Å². The number of nitrogens with zero attached hydrogens (tertiary/aromatic N) is 3. The molecule has 0 aliphatic rings. The number of hydrogen-bond acceptors (Lipinski definition) is 5. The predicted octanol–water partition coefficient (Wildman–Crippen LogP) is 4.35. The van der Waals surface area contributed by atoms with Crippen LogP contribution in [0, 0.1) is 0 Å². The number of allylic oxidation sites excluding steroid dienone is 1. The number of furan rings is 1. The summed E-state index contributed by atoms with van der Waals surface area (Å²) in [5.74, 6) is 1.54. The fourth-order valence-electron chi connectivity index (χ4n) is 2.52. The largest absolute Gasteiger partial charge is 0.467 e. The first kappa shape index (κ1) is 19.3. The maximum atomic E-state index is 12.2. The Balaban J connectivity index is 1.68. The van der Waals surface area contributed by atoms with Crippen molar-refractivity contribution in [3.05, 3.63) is 66.1 Å². The lowest BCUT2D eigenvalue weighted by Crippen LogP contribution is -2.28. The summed E-state index contributed by atoms with van der Waals surface area (Å²) >= 11 is 7.28. The van der Waals surface area contributed by atoms with Crippen LogP contribution in [0.4, 0.5) is 0 Å². The summed E-state index contributed by atoms with van der Waals surface area (Å²) in [6, 6.07) is 10.8. The molecule has 8 heteroatoms. The van der Waals surface area contributed by atoms with E-state index in [1.54, 1.807) is 30.5 Å². The first-order valence-corrected chi connectivity index (χ1v) is 9.70. The molecule has 0 bridgehead atoms. The summed E-state index contributed by atoms with van der Waals surface area (Å²) in [5, 5.41) is 12.7. The Labute approximate surface area is 166 Å². The lowest BCUT2D eigenvalue weighted by atomic mass is 10.2. The van der Waals surface area contributed by atoms with Gasteiger partial charge in [-0.25, -0.2) is 0 Å². The molecule has 1 amide bonds. The normalized spacial score (nSPS) is 11.9. The van der Waals surface area contributed by atoms with Crippen molar-refractivity contribution in [2.75, 3.05) is 5.75 Å². The zero-order valence-corrected chi connectivity index (χ0v) is 16.3. The topological polar surface area (TPSA) is 73.0 Å². The van der Waals surface area contributed by atoms with Crippen molar-refractivity contribution in [3.8, 4) is 11.4 Å². The molecule has 2 aromatic heterocycles. The van der Waals surface area contributed by atoms with E-state index in [9.17, 15) is 4.79 Å². The highest BCUT2D eigenvalue weighted by Crippen LogP contribution is 2.25. The van der Waals surface area contributed by atoms with Crippen molar-refractivity contribution in [2.45, 2.75) is 24.7 Å². The number of halogens is 1. The molecule has 0 unspecified atom stereocenters. The van der Waals surface area contributed by atoms with Crippen LogP contribution in [0.3, 0.4) is 0 Å². The number of nitrogens with one attached hydrogen (secondary N) is 1. The lowest BCUT2D eigenvalue weighted by Gasteiger charge is -2.11. The van der Waals surface area contributed by atoms with Crippen LogP contribution in [0.15, 0.2) is 64.9 Å². The van der Waals surface area contributed by atoms with Gasteiger partial charge in [-0.05, 0) is 43.3 Å². The van der Waals surface area contributed by atoms with Gasteiger partial charge in [0.1, 0.15) is 5.76 Å². The molecule has 140 valence electrons. The molecule has 3 rings (SSSR count). The molecule has 0 fully saturated rings. The molecule has 6 nitrogen and oxygen atoms in total. The van der Waals surface area contributed by atoms with Gasteiger partial charge >= 0.3 is 0 Å². The van der Waals surface area contributed by atoms with Crippen molar-refractivity contribution in [1.29, 1.82) is 0 Å². The lowest BCUT2D eigenvalue weighted by molar-refractivity contribution is -0.119. The summed E-state index contributed by atoms with van der Waals surface area (Å²) in [4.78, 5) is 12.2. The van der Waals surface area contributed by atoms with E-state index in [-0.39, 0.29) is 17.7 Å². The van der Waals surface area contributed by atoms with Gasteiger partial charge in [-0.2, -0.15) is 0 Å². The van der Waals surface area contributed by atoms with E-state index in [0.717, 1.165) is 5.56 Å². The number of carbonyl (C=O) groups excluding carboxylic acids is 1. The van der Waals surface area contributed by atoms with Crippen LogP contribution in [-0.4, -0.2) is 26.4 Å². The highest BCUT2D eigenvalue weighted by Gasteiger charge is 2.16. The third kappa shape index (κ3) is 4.81. The second kappa shape index (κ2) is 8.92. The Morgan fingerprint density at radius 2 is 2.15 bits per heavy atom. The van der Waals surface area contributed by atoms with E-state index >= 15 is 0 Å². The number of hydrogen-bond donors (Lipinski definition) is 1. The highest BCUT2D eigenvalue weighted by atomic mass is 35.5. The van der Waals surface area contributed by atoms with Gasteiger partial charge in [0.2, 0.25) is 5.91 Å². The second-order valence-electron chi connectivity index (χ2n) is 5.81. The number of rotatable bonds is 8. The molecule has 1 N–H and O–H groups in total. The molecule has 0 spiro atoms. The third-order valence-electron chi connectivity index (χ3n) is 3.81. The molecule has 1 aromatic carbocycles. The van der Waals surface area contributed by atoms with E-state index in [2.05, 4.69) is 22.1 Å². The summed E-state index contributed by atoms with van der Waals surface area (Å²) in [7, 11) is 0. The van der Waals surface area contributed by atoms with Crippen molar-refractivity contribution >= 4 is 29.3 Å². The van der Waals surface area contributed by atoms with Gasteiger partial charge in [-0.3, -0.25) is 9.36 Å². The third-order valence-corrected chi connectivity index (χ3v) is 5.03. The number of aromatic nitrogens is 3. The Morgan fingerprint density at radius 1 is 1.37 bits per heavy atom. The minimum absolute atomic E-state index is 0.106. The smallest absolute Gasteiger partial charge is 0.231 e. The predicted molar refractivity (Wildman–Crippen MR) is 107 cm³/mol. The van der Waals surface area contributed by atoms with Gasteiger partial charge in [0.15, 0.2) is 11.0 Å². The molecular weight excluding hydrogens is 384 g/mol. The minimum Gasteiger partial charge on any atom is -0.467 e. The van der Waals surface area contributed by atoms with Crippen LogP contribution in [0.2, 0.25) is 5.02 Å². The molecule has 3 aromatic rings. The van der Waals surface area contributed by atoms with E-state index < -0.39 is 0 Å². The Morgan fingerprint density at radius 3 is 2.81 bits per heavy atom. The fourth-order valence-corrected chi connectivity index (χ4v) is 3.41. The van der Waals surface area contributed by atoms with Crippen LogP contribution in [0.5, 0.6) is 0 Å². The Hall–Kier alpha value is -2.51. The number of benzene rings is 1. The van der Waals surface area contributed by atoms with E-state index in [4.69, 9.17) is 16.0 Å². The molecular formula is C19H19ClN4O2S. The molecule has 0 saturated heterocycles. The second-order valence-corrected chi connectivity index (χ2v) is 7.18. The molecule has 1 atom stereocenters. The zero-order chi connectivity index (χ0) is 19.2. The first-order valence-electron chi connectivity index (χ1n) is 8.34. The quantitative estimate of drug-likeness (QED) is 0.448. The van der Waals surface area contributed by atoms with Gasteiger partial charge in [0.25, 0.3) is 0 Å². The van der Waals surface area contributed by atoms with Crippen LogP contribution >= 0.6 is 23.4 Å². The van der Waals surface area contributed by atoms with E-state index in [1.165, 1.54) is 11.8 Å². The number of thioether (sulfide) groups is 1. The number of carbonyl (C=O) groups is 1. The van der Waals surface area contributed by atoms with Gasteiger partial charge in [-0.1, -0.05) is 29.4 Å². The Kier molecular flexibility index (Phi) is 6.36. The molecule has 0 saturated carbocycles. The summed E-state index contributed by atoms with van der Waals surface area (Å²) in [5.41, 5.74) is 0.900. The highest BCUT2D eigenvalue weighted by molar-refractivity contribution is 7.99. The SMILES string of the molecule is C=CCn1c(SCC(=O)N[C@H](C)c2ccco2)nnc1-c1ccc(Cl)cc1. The number of amides is 1. The van der Waals surface area contributed by atoms with Crippen LogP contribution in [-0.2, 0) is 11.3 Å². The standard InChI is InChI=1S/C19H19ClN4O2S/c1-3-10-24-18(14-6-8-15(20)9-7-14)22-23-19(24)27-12-17(25)21-13(2)16-5-4-11-26-16/h3-9,11,13H,1,10,12H2,2H3,(H,21,25)/t13-/m1/s1. The van der Waals surface area contributed by atoms with E-state index in [1.807, 2.05) is 29.7 Å². The average molecular weight is 403 g/mol. The van der Waals surface area contributed by atoms with Gasteiger partial charge < -0.3 is 9.73 Å². The molecule has 0 aliphatic carbocycles. The van der Waals surface area contributed by atoms with Crippen molar-refractivity contribution < 1.29 is 9.21 Å². The summed E-state index contributed by atoms with van der Waals surface area (Å²) in [6.45, 7) is 6.21. The van der Waals surface area contributed by atoms with Crippen LogP contribution < -0.4 is 5.32 Å². The van der Waals surface area contributed by atoms with Gasteiger partial charge in [0.05, 0.1) is 18.1 Å². The van der Waals surface area contributed by atoms with Crippen molar-refractivity contribution in [1.82, 2.24) is 20.1 Å². The van der Waals surface area contributed by atoms with Gasteiger partial charge in [0, 0.05) is 17.1 Å². The molecule has 0 aliphatic heterocycles. The molecule has 0 radical (unpaired) electrons. The molecule has 2 heterocycles.